The maximum Gasteiger partial charge on any atom is 0.189 e. The van der Waals surface area contributed by atoms with Crippen molar-refractivity contribution in [2.45, 2.75) is 58.2 Å². The number of rotatable bonds is 6. The molecule has 0 aliphatic carbocycles. The van der Waals surface area contributed by atoms with E-state index in [1.165, 1.54) is 9.80 Å². The fourth-order valence-electron chi connectivity index (χ4n) is 4.85. The normalized spacial score (nSPS) is 28.0. The first-order valence-electron chi connectivity index (χ1n) is 10.9. The van der Waals surface area contributed by atoms with Crippen molar-refractivity contribution in [3.8, 4) is 5.75 Å². The number of benzene rings is 1. The van der Waals surface area contributed by atoms with Gasteiger partial charge in [0.1, 0.15) is 31.0 Å². The number of quaternary nitrogens is 2. The van der Waals surface area contributed by atoms with Gasteiger partial charge in [0.25, 0.3) is 0 Å². The van der Waals surface area contributed by atoms with Crippen molar-refractivity contribution in [1.29, 1.82) is 0 Å². The molecule has 4 rings (SSSR count). The number of hydrogen-bond donors (Lipinski definition) is 4. The molecule has 1 aromatic carbocycles. The van der Waals surface area contributed by atoms with Crippen LogP contribution in [0.5, 0.6) is 5.75 Å². The van der Waals surface area contributed by atoms with Crippen LogP contribution < -0.4 is 14.5 Å². The van der Waals surface area contributed by atoms with Crippen LogP contribution >= 0.6 is 12.2 Å². The second-order valence-electron chi connectivity index (χ2n) is 8.54. The highest BCUT2D eigenvalue weighted by Gasteiger charge is 2.25. The van der Waals surface area contributed by atoms with Crippen molar-refractivity contribution in [3.63, 3.8) is 0 Å². The smallest absolute Gasteiger partial charge is 0.189 e. The number of ether oxygens (including phenoxy) is 1. The number of piperidine rings is 2. The molecule has 0 bridgehead atoms. The lowest BCUT2D eigenvalue weighted by molar-refractivity contribution is -0.931. The second kappa shape index (κ2) is 9.14. The SMILES string of the molecule is CCOc1ccc2c(c1)n(C[NH+]1CCC[C@H](O)C1)c(=S)n2C[NH+]1CCC[C@@H](O)C1. The third kappa shape index (κ3) is 4.67. The summed E-state index contributed by atoms with van der Waals surface area (Å²) in [5.41, 5.74) is 2.20. The predicted octanol–water partition coefficient (Wildman–Crippen LogP) is -0.435. The Labute approximate surface area is 177 Å². The molecule has 160 valence electrons. The fraction of sp³-hybridized carbons (Fsp3) is 0.667. The molecule has 0 saturated carbocycles. The summed E-state index contributed by atoms with van der Waals surface area (Å²) in [6.07, 6.45) is 3.44. The number of nitrogens with zero attached hydrogens (tertiary/aromatic N) is 2. The quantitative estimate of drug-likeness (QED) is 0.477. The largest absolute Gasteiger partial charge is 0.494 e. The second-order valence-corrected chi connectivity index (χ2v) is 8.90. The van der Waals surface area contributed by atoms with E-state index < -0.39 is 0 Å². The number of aliphatic hydroxyl groups excluding tert-OH is 2. The lowest BCUT2D eigenvalue weighted by atomic mass is 10.1. The van der Waals surface area contributed by atoms with E-state index in [0.29, 0.717) is 6.61 Å². The van der Waals surface area contributed by atoms with Crippen LogP contribution in [0.15, 0.2) is 18.2 Å². The molecule has 4 atom stereocenters. The Hall–Kier alpha value is -1.45. The van der Waals surface area contributed by atoms with E-state index in [0.717, 1.165) is 86.8 Å². The molecule has 2 fully saturated rings. The number of aliphatic hydroxyl groups is 2. The van der Waals surface area contributed by atoms with Crippen LogP contribution in [-0.2, 0) is 13.3 Å². The van der Waals surface area contributed by atoms with E-state index in [4.69, 9.17) is 17.0 Å². The Morgan fingerprint density at radius 3 is 2.14 bits per heavy atom. The van der Waals surface area contributed by atoms with E-state index >= 15 is 0 Å². The summed E-state index contributed by atoms with van der Waals surface area (Å²) in [7, 11) is 0. The highest BCUT2D eigenvalue weighted by Crippen LogP contribution is 2.23. The van der Waals surface area contributed by atoms with Gasteiger partial charge in [-0.15, -0.1) is 0 Å². The van der Waals surface area contributed by atoms with Crippen LogP contribution in [0, 0.1) is 4.77 Å². The summed E-state index contributed by atoms with van der Waals surface area (Å²) < 4.78 is 11.0. The minimum absolute atomic E-state index is 0.217. The minimum atomic E-state index is -0.223. The van der Waals surface area contributed by atoms with E-state index in [2.05, 4.69) is 21.3 Å². The van der Waals surface area contributed by atoms with Gasteiger partial charge in [0.15, 0.2) is 18.1 Å². The molecule has 3 heterocycles. The van der Waals surface area contributed by atoms with Gasteiger partial charge < -0.3 is 24.7 Å². The molecule has 2 aliphatic heterocycles. The first kappa shape index (κ1) is 20.8. The zero-order valence-corrected chi connectivity index (χ0v) is 18.1. The molecule has 1 aromatic heterocycles. The molecule has 0 spiro atoms. The molecule has 29 heavy (non-hydrogen) atoms. The van der Waals surface area contributed by atoms with Gasteiger partial charge in [-0.2, -0.15) is 0 Å². The van der Waals surface area contributed by atoms with Crippen molar-refractivity contribution in [2.75, 3.05) is 32.8 Å². The van der Waals surface area contributed by atoms with Crippen molar-refractivity contribution in [2.24, 2.45) is 0 Å². The number of hydrogen-bond acceptors (Lipinski definition) is 4. The zero-order valence-electron chi connectivity index (χ0n) is 17.3. The van der Waals surface area contributed by atoms with Gasteiger partial charge >= 0.3 is 0 Å². The molecular formula is C21H34N4O3S+2. The fourth-order valence-corrected chi connectivity index (χ4v) is 5.17. The number of aromatic nitrogens is 2. The first-order valence-corrected chi connectivity index (χ1v) is 11.3. The van der Waals surface area contributed by atoms with Crippen LogP contribution in [0.1, 0.15) is 32.6 Å². The average Bonchev–Trinajstić information content (AvgIpc) is 2.94. The van der Waals surface area contributed by atoms with Gasteiger partial charge in [-0.3, -0.25) is 9.13 Å². The number of nitrogens with one attached hydrogen (secondary N) is 2. The van der Waals surface area contributed by atoms with Crippen molar-refractivity contribution < 1.29 is 24.7 Å². The maximum atomic E-state index is 10.1. The van der Waals surface area contributed by atoms with Crippen molar-refractivity contribution in [1.82, 2.24) is 9.13 Å². The maximum absolute atomic E-state index is 10.1. The molecule has 0 radical (unpaired) electrons. The number of likely N-dealkylation sites (tertiary alicyclic amines) is 2. The van der Waals surface area contributed by atoms with Gasteiger partial charge in [-0.25, -0.2) is 0 Å². The molecule has 8 heteroatoms. The molecular weight excluding hydrogens is 388 g/mol. The summed E-state index contributed by atoms with van der Waals surface area (Å²) in [6, 6.07) is 6.21. The summed E-state index contributed by atoms with van der Waals surface area (Å²) in [4.78, 5) is 2.73. The van der Waals surface area contributed by atoms with Crippen LogP contribution in [0.25, 0.3) is 11.0 Å². The summed E-state index contributed by atoms with van der Waals surface area (Å²) >= 11 is 5.93. The minimum Gasteiger partial charge on any atom is -0.494 e. The molecule has 4 N–H and O–H groups in total. The Morgan fingerprint density at radius 2 is 1.59 bits per heavy atom. The molecule has 2 aromatic rings. The molecule has 2 saturated heterocycles. The Bertz CT molecular complexity index is 896. The van der Waals surface area contributed by atoms with Gasteiger partial charge in [-0.05, 0) is 57.0 Å². The van der Waals surface area contributed by atoms with Crippen LogP contribution in [0.3, 0.4) is 0 Å². The van der Waals surface area contributed by atoms with E-state index in [1.54, 1.807) is 0 Å². The Kier molecular flexibility index (Phi) is 6.56. The first-order chi connectivity index (χ1) is 14.0. The van der Waals surface area contributed by atoms with Crippen molar-refractivity contribution in [3.05, 3.63) is 23.0 Å². The van der Waals surface area contributed by atoms with Crippen LogP contribution in [-0.4, -0.2) is 64.3 Å². The lowest BCUT2D eigenvalue weighted by Gasteiger charge is -2.28. The predicted molar refractivity (Wildman–Crippen MR) is 114 cm³/mol. The standard InChI is InChI=1S/C21H32N4O3S/c1-2-28-18-7-8-19-20(11-18)25(15-23-10-4-6-17(27)13-23)21(29)24(19)14-22-9-3-5-16(26)12-22/h7-8,11,16-17,26-27H,2-6,9-10,12-15H2,1H3/p+2/t16-,17+/m1/s1. The summed E-state index contributed by atoms with van der Waals surface area (Å²) in [5, 5.41) is 20.2. The van der Waals surface area contributed by atoms with E-state index in [1.807, 2.05) is 13.0 Å². The van der Waals surface area contributed by atoms with Crippen molar-refractivity contribution >= 4 is 23.3 Å². The average molecular weight is 423 g/mol. The van der Waals surface area contributed by atoms with Crippen LogP contribution in [0.2, 0.25) is 0 Å². The third-order valence-corrected chi connectivity index (χ3v) is 6.69. The topological polar surface area (TPSA) is 68.4 Å². The molecule has 0 amide bonds. The van der Waals surface area contributed by atoms with Gasteiger partial charge in [0.05, 0.1) is 30.7 Å². The monoisotopic (exact) mass is 422 g/mol. The summed E-state index contributed by atoms with van der Waals surface area (Å²) in [6.45, 7) is 7.81. The third-order valence-electron chi connectivity index (χ3n) is 6.25. The number of imidazole rings is 1. The van der Waals surface area contributed by atoms with Gasteiger partial charge in [-0.1, -0.05) is 0 Å². The lowest BCUT2D eigenvalue weighted by Crippen LogP contribution is -3.13. The molecule has 2 unspecified atom stereocenters. The highest BCUT2D eigenvalue weighted by molar-refractivity contribution is 7.71. The Morgan fingerprint density at radius 1 is 1.00 bits per heavy atom. The molecule has 2 aliphatic rings. The Balaban J connectivity index is 1.69. The van der Waals surface area contributed by atoms with Gasteiger partial charge in [0.2, 0.25) is 0 Å². The molecule has 7 nitrogen and oxygen atoms in total. The zero-order chi connectivity index (χ0) is 20.4. The highest BCUT2D eigenvalue weighted by atomic mass is 32.1. The van der Waals surface area contributed by atoms with Crippen LogP contribution in [0.4, 0.5) is 0 Å². The van der Waals surface area contributed by atoms with Gasteiger partial charge in [0, 0.05) is 6.07 Å². The van der Waals surface area contributed by atoms with E-state index in [-0.39, 0.29) is 12.2 Å². The summed E-state index contributed by atoms with van der Waals surface area (Å²) in [5.74, 6) is 0.857. The number of fused-ring (bicyclic) bond motifs is 1. The van der Waals surface area contributed by atoms with E-state index in [9.17, 15) is 10.2 Å².